The van der Waals surface area contributed by atoms with Gasteiger partial charge in [-0.25, -0.2) is 9.97 Å². The van der Waals surface area contributed by atoms with Crippen LogP contribution in [-0.2, 0) is 0 Å². The van der Waals surface area contributed by atoms with Crippen molar-refractivity contribution in [3.05, 3.63) is 41.8 Å². The molecule has 0 fully saturated rings. The zero-order chi connectivity index (χ0) is 9.97. The molecule has 0 radical (unpaired) electrons. The first-order chi connectivity index (χ1) is 6.79. The Labute approximate surface area is 92.4 Å². The molecule has 70 valence electrons. The second-order valence-electron chi connectivity index (χ2n) is 2.73. The predicted octanol–water partition coefficient (Wildman–Crippen LogP) is 3.09. The van der Waals surface area contributed by atoms with E-state index in [1.807, 2.05) is 24.3 Å². The van der Waals surface area contributed by atoms with Crippen LogP contribution in [-0.4, -0.2) is 9.97 Å². The van der Waals surface area contributed by atoms with Gasteiger partial charge >= 0.3 is 0 Å². The van der Waals surface area contributed by atoms with Gasteiger partial charge in [0, 0.05) is 16.7 Å². The van der Waals surface area contributed by atoms with Crippen molar-refractivity contribution in [2.45, 2.75) is 4.90 Å². The molecular weight excluding hydrogens is 216 g/mol. The third-order valence-electron chi connectivity index (χ3n) is 1.84. The summed E-state index contributed by atoms with van der Waals surface area (Å²) in [5, 5.41) is 0.620. The molecule has 0 aliphatic heterocycles. The van der Waals surface area contributed by atoms with Crippen LogP contribution in [0.3, 0.4) is 0 Å². The molecule has 1 aromatic heterocycles. The molecule has 14 heavy (non-hydrogen) atoms. The van der Waals surface area contributed by atoms with Crippen molar-refractivity contribution in [3.63, 3.8) is 0 Å². The lowest BCUT2D eigenvalue weighted by atomic mass is 10.1. The average Bonchev–Trinajstić information content (AvgIpc) is 2.23. The van der Waals surface area contributed by atoms with Gasteiger partial charge < -0.3 is 0 Å². The smallest absolute Gasteiger partial charge is 0.116 e. The van der Waals surface area contributed by atoms with Gasteiger partial charge in [-0.1, -0.05) is 23.7 Å². The SMILES string of the molecule is Sc1cccc(-c2ccncn2)c1Cl. The highest BCUT2D eigenvalue weighted by Crippen LogP contribution is 2.30. The fraction of sp³-hybridized carbons (Fsp3) is 0. The van der Waals surface area contributed by atoms with Crippen molar-refractivity contribution in [1.29, 1.82) is 0 Å². The van der Waals surface area contributed by atoms with Crippen LogP contribution in [0.4, 0.5) is 0 Å². The van der Waals surface area contributed by atoms with Gasteiger partial charge in [0.05, 0.1) is 10.7 Å². The van der Waals surface area contributed by atoms with Gasteiger partial charge in [0.25, 0.3) is 0 Å². The van der Waals surface area contributed by atoms with Crippen molar-refractivity contribution in [2.24, 2.45) is 0 Å². The van der Waals surface area contributed by atoms with Crippen LogP contribution in [0.5, 0.6) is 0 Å². The maximum Gasteiger partial charge on any atom is 0.116 e. The molecule has 2 nitrogen and oxygen atoms in total. The van der Waals surface area contributed by atoms with Gasteiger partial charge in [-0.15, -0.1) is 12.6 Å². The van der Waals surface area contributed by atoms with E-state index in [1.54, 1.807) is 6.20 Å². The van der Waals surface area contributed by atoms with Gasteiger partial charge in [-0.3, -0.25) is 0 Å². The van der Waals surface area contributed by atoms with Crippen LogP contribution in [0.15, 0.2) is 41.7 Å². The van der Waals surface area contributed by atoms with E-state index in [0.717, 1.165) is 16.2 Å². The summed E-state index contributed by atoms with van der Waals surface area (Å²) >= 11 is 10.3. The highest BCUT2D eigenvalue weighted by atomic mass is 35.5. The summed E-state index contributed by atoms with van der Waals surface area (Å²) in [4.78, 5) is 8.72. The summed E-state index contributed by atoms with van der Waals surface area (Å²) in [6.07, 6.45) is 3.18. The third kappa shape index (κ3) is 1.74. The average molecular weight is 223 g/mol. The number of aromatic nitrogens is 2. The van der Waals surface area contributed by atoms with Gasteiger partial charge in [0.15, 0.2) is 0 Å². The normalized spacial score (nSPS) is 10.1. The van der Waals surface area contributed by atoms with Crippen molar-refractivity contribution in [3.8, 4) is 11.3 Å². The second kappa shape index (κ2) is 3.98. The second-order valence-corrected chi connectivity index (χ2v) is 3.59. The van der Waals surface area contributed by atoms with Crippen molar-refractivity contribution in [2.75, 3.05) is 0 Å². The molecule has 0 unspecified atom stereocenters. The molecule has 0 N–H and O–H groups in total. The summed E-state index contributed by atoms with van der Waals surface area (Å²) in [7, 11) is 0. The molecule has 2 rings (SSSR count). The van der Waals surface area contributed by atoms with Crippen molar-refractivity contribution in [1.82, 2.24) is 9.97 Å². The third-order valence-corrected chi connectivity index (χ3v) is 2.75. The number of hydrogen-bond donors (Lipinski definition) is 1. The molecule has 1 heterocycles. The quantitative estimate of drug-likeness (QED) is 0.751. The first kappa shape index (κ1) is 9.49. The van der Waals surface area contributed by atoms with E-state index in [0.29, 0.717) is 5.02 Å². The van der Waals surface area contributed by atoms with E-state index in [4.69, 9.17) is 11.6 Å². The number of halogens is 1. The Bertz CT molecular complexity index is 445. The molecule has 2 aromatic rings. The molecule has 0 atom stereocenters. The summed E-state index contributed by atoms with van der Waals surface area (Å²) in [6.45, 7) is 0. The van der Waals surface area contributed by atoms with Crippen molar-refractivity contribution >= 4 is 24.2 Å². The fourth-order valence-electron chi connectivity index (χ4n) is 1.17. The van der Waals surface area contributed by atoms with Crippen LogP contribution in [0, 0.1) is 0 Å². The molecule has 1 aromatic carbocycles. The van der Waals surface area contributed by atoms with E-state index < -0.39 is 0 Å². The molecule has 0 saturated carbocycles. The Morgan fingerprint density at radius 1 is 1.21 bits per heavy atom. The predicted molar refractivity (Wildman–Crippen MR) is 59.7 cm³/mol. The summed E-state index contributed by atoms with van der Waals surface area (Å²) in [6, 6.07) is 7.46. The molecule has 0 aliphatic carbocycles. The van der Waals surface area contributed by atoms with Crippen LogP contribution < -0.4 is 0 Å². The Morgan fingerprint density at radius 3 is 2.79 bits per heavy atom. The lowest BCUT2D eigenvalue weighted by Crippen LogP contribution is -1.85. The molecule has 0 amide bonds. The lowest BCUT2D eigenvalue weighted by molar-refractivity contribution is 1.17. The van der Waals surface area contributed by atoms with Gasteiger partial charge in [0.2, 0.25) is 0 Å². The number of benzene rings is 1. The van der Waals surface area contributed by atoms with E-state index in [-0.39, 0.29) is 0 Å². The topological polar surface area (TPSA) is 25.8 Å². The van der Waals surface area contributed by atoms with Gasteiger partial charge in [-0.05, 0) is 12.1 Å². The Kier molecular flexibility index (Phi) is 2.70. The Morgan fingerprint density at radius 2 is 2.07 bits per heavy atom. The van der Waals surface area contributed by atoms with E-state index in [2.05, 4.69) is 22.6 Å². The van der Waals surface area contributed by atoms with Crippen LogP contribution in [0.25, 0.3) is 11.3 Å². The van der Waals surface area contributed by atoms with E-state index in [9.17, 15) is 0 Å². The van der Waals surface area contributed by atoms with Gasteiger partial charge in [-0.2, -0.15) is 0 Å². The maximum absolute atomic E-state index is 6.09. The summed E-state index contributed by atoms with van der Waals surface area (Å²) in [5.74, 6) is 0. The maximum atomic E-state index is 6.09. The number of thiol groups is 1. The Balaban J connectivity index is 2.58. The first-order valence-electron chi connectivity index (χ1n) is 4.03. The minimum Gasteiger partial charge on any atom is -0.245 e. The van der Waals surface area contributed by atoms with Gasteiger partial charge in [0.1, 0.15) is 6.33 Å². The fourth-order valence-corrected chi connectivity index (χ4v) is 1.60. The zero-order valence-electron chi connectivity index (χ0n) is 7.18. The molecule has 4 heteroatoms. The highest BCUT2D eigenvalue weighted by molar-refractivity contribution is 7.80. The molecule has 0 saturated heterocycles. The van der Waals surface area contributed by atoms with E-state index in [1.165, 1.54) is 6.33 Å². The lowest BCUT2D eigenvalue weighted by Gasteiger charge is -2.04. The number of rotatable bonds is 1. The minimum absolute atomic E-state index is 0.620. The first-order valence-corrected chi connectivity index (χ1v) is 4.85. The van der Waals surface area contributed by atoms with Crippen LogP contribution in [0.1, 0.15) is 0 Å². The van der Waals surface area contributed by atoms with Crippen LogP contribution in [0.2, 0.25) is 5.02 Å². The standard InChI is InChI=1S/C10H7ClN2S/c11-10-7(2-1-3-9(10)14)8-4-5-12-6-13-8/h1-6,14H. The number of hydrogen-bond acceptors (Lipinski definition) is 3. The largest absolute Gasteiger partial charge is 0.245 e. The van der Waals surface area contributed by atoms with Crippen LogP contribution >= 0.6 is 24.2 Å². The Hall–Kier alpha value is -1.06. The molecule has 0 aliphatic rings. The zero-order valence-corrected chi connectivity index (χ0v) is 8.83. The minimum atomic E-state index is 0.620. The van der Waals surface area contributed by atoms with Crippen molar-refractivity contribution < 1.29 is 0 Å². The number of nitrogens with zero attached hydrogens (tertiary/aromatic N) is 2. The summed E-state index contributed by atoms with van der Waals surface area (Å²) < 4.78 is 0. The molecular formula is C10H7ClN2S. The summed E-state index contributed by atoms with van der Waals surface area (Å²) in [5.41, 5.74) is 1.68. The molecule has 0 bridgehead atoms. The molecule has 0 spiro atoms. The monoisotopic (exact) mass is 222 g/mol. The van der Waals surface area contributed by atoms with E-state index >= 15 is 0 Å². The highest BCUT2D eigenvalue weighted by Gasteiger charge is 2.05.